The van der Waals surface area contributed by atoms with Crippen molar-refractivity contribution in [1.29, 1.82) is 5.26 Å². The number of benzene rings is 2. The Bertz CT molecular complexity index is 1660. The number of nitrogens with zero attached hydrogens (tertiary/aromatic N) is 3. The first-order valence-corrected chi connectivity index (χ1v) is 14.3. The first-order valence-electron chi connectivity index (χ1n) is 13.1. The molecule has 0 aliphatic carbocycles. The van der Waals surface area contributed by atoms with Crippen molar-refractivity contribution in [3.63, 3.8) is 0 Å². The molecule has 0 saturated carbocycles. The number of carbonyl (C=O) groups excluding carboxylic acids is 1. The Morgan fingerprint density at radius 3 is 2.61 bits per heavy atom. The Morgan fingerprint density at radius 2 is 1.88 bits per heavy atom. The Labute approximate surface area is 246 Å². The van der Waals surface area contributed by atoms with E-state index in [1.807, 2.05) is 25.1 Å². The van der Waals surface area contributed by atoms with Gasteiger partial charge in [-0.05, 0) is 60.4 Å². The molecule has 1 N–H and O–H groups in total. The van der Waals surface area contributed by atoms with Gasteiger partial charge in [0.2, 0.25) is 6.79 Å². The van der Waals surface area contributed by atoms with Crippen molar-refractivity contribution in [3.05, 3.63) is 91.4 Å². The van der Waals surface area contributed by atoms with Crippen LogP contribution >= 0.6 is 24.0 Å². The minimum absolute atomic E-state index is 0.0303. The average Bonchev–Trinajstić information content (AvgIpc) is 3.54. The van der Waals surface area contributed by atoms with Crippen LogP contribution < -0.4 is 20.3 Å². The van der Waals surface area contributed by atoms with E-state index >= 15 is 0 Å². The highest BCUT2D eigenvalue weighted by Crippen LogP contribution is 2.36. The molecule has 0 atom stereocenters. The van der Waals surface area contributed by atoms with Crippen molar-refractivity contribution in [1.82, 2.24) is 9.47 Å². The number of unbranched alkanes of at least 4 members (excludes halogenated alkanes) is 1. The van der Waals surface area contributed by atoms with Crippen molar-refractivity contribution in [2.45, 2.75) is 46.3 Å². The van der Waals surface area contributed by atoms with Gasteiger partial charge in [0.1, 0.15) is 27.6 Å². The largest absolute Gasteiger partial charge is 0.454 e. The van der Waals surface area contributed by atoms with E-state index in [4.69, 9.17) is 21.7 Å². The zero-order valence-electron chi connectivity index (χ0n) is 22.5. The van der Waals surface area contributed by atoms with Crippen molar-refractivity contribution >= 4 is 46.1 Å². The summed E-state index contributed by atoms with van der Waals surface area (Å²) in [5.41, 5.74) is 2.34. The lowest BCUT2D eigenvalue weighted by atomic mass is 10.0. The van der Waals surface area contributed by atoms with E-state index in [1.54, 1.807) is 29.7 Å². The van der Waals surface area contributed by atoms with E-state index in [-0.39, 0.29) is 36.2 Å². The summed E-state index contributed by atoms with van der Waals surface area (Å²) in [6.07, 6.45) is 3.27. The third kappa shape index (κ3) is 5.85. The molecule has 210 valence electrons. The van der Waals surface area contributed by atoms with Crippen molar-refractivity contribution in [3.8, 4) is 17.6 Å². The molecule has 1 amide bonds. The standard InChI is InChI=1S/C30H27FN4O4S2/c1-3-4-11-34-27(33-15-20-7-10-24-25(12-20)39-17-38-24)22(18(2)23(14-32)28(34)36)13-26-29(37)35(30(40)41-26)16-19-5-8-21(31)9-6-19/h5-10,12-13,33H,3-4,11,15-17H2,1-2H3/b26-13+. The van der Waals surface area contributed by atoms with Crippen molar-refractivity contribution in [2.75, 3.05) is 12.1 Å². The quantitative estimate of drug-likeness (QED) is 0.250. The highest BCUT2D eigenvalue weighted by atomic mass is 32.2. The molecular weight excluding hydrogens is 563 g/mol. The molecule has 1 aromatic heterocycles. The smallest absolute Gasteiger partial charge is 0.270 e. The van der Waals surface area contributed by atoms with E-state index in [0.29, 0.717) is 50.8 Å². The van der Waals surface area contributed by atoms with Crippen LogP contribution in [0.2, 0.25) is 0 Å². The molecule has 2 aliphatic heterocycles. The van der Waals surface area contributed by atoms with Crippen LogP contribution in [0.5, 0.6) is 11.5 Å². The van der Waals surface area contributed by atoms with Gasteiger partial charge in [0.25, 0.3) is 11.5 Å². The summed E-state index contributed by atoms with van der Waals surface area (Å²) in [4.78, 5) is 28.7. The van der Waals surface area contributed by atoms with Crippen LogP contribution in [0.15, 0.2) is 52.2 Å². The number of thiocarbonyl (C=S) groups is 1. The van der Waals surface area contributed by atoms with Crippen LogP contribution in [0.3, 0.4) is 0 Å². The topological polar surface area (TPSA) is 96.6 Å². The minimum Gasteiger partial charge on any atom is -0.454 e. The van der Waals surface area contributed by atoms with E-state index < -0.39 is 0 Å². The van der Waals surface area contributed by atoms with E-state index in [1.165, 1.54) is 17.0 Å². The highest BCUT2D eigenvalue weighted by molar-refractivity contribution is 8.26. The van der Waals surface area contributed by atoms with Gasteiger partial charge < -0.3 is 14.8 Å². The van der Waals surface area contributed by atoms with Gasteiger partial charge in [-0.15, -0.1) is 0 Å². The van der Waals surface area contributed by atoms with E-state index in [9.17, 15) is 19.2 Å². The molecule has 0 radical (unpaired) electrons. The number of hydrogen-bond acceptors (Lipinski definition) is 8. The van der Waals surface area contributed by atoms with E-state index in [0.717, 1.165) is 35.7 Å². The maximum atomic E-state index is 13.5. The summed E-state index contributed by atoms with van der Waals surface area (Å²) < 4.78 is 26.2. The normalized spacial score (nSPS) is 15.1. The van der Waals surface area contributed by atoms with Crippen LogP contribution in [0.25, 0.3) is 6.08 Å². The first kappa shape index (κ1) is 28.4. The number of fused-ring (bicyclic) bond motifs is 1. The van der Waals surface area contributed by atoms with Crippen molar-refractivity contribution in [2.24, 2.45) is 0 Å². The number of hydrogen-bond donors (Lipinski definition) is 1. The lowest BCUT2D eigenvalue weighted by Crippen LogP contribution is -2.28. The second-order valence-electron chi connectivity index (χ2n) is 9.62. The number of anilines is 1. The number of carbonyl (C=O) groups is 1. The summed E-state index contributed by atoms with van der Waals surface area (Å²) in [6, 6.07) is 13.6. The Morgan fingerprint density at radius 1 is 1.15 bits per heavy atom. The van der Waals surface area contributed by atoms with Gasteiger partial charge in [-0.2, -0.15) is 5.26 Å². The summed E-state index contributed by atoms with van der Waals surface area (Å²) in [5, 5.41) is 13.3. The number of nitriles is 1. The molecule has 11 heteroatoms. The Kier molecular flexibility index (Phi) is 8.42. The average molecular weight is 591 g/mol. The SMILES string of the molecule is CCCCn1c(NCc2ccc3c(c2)OCO3)c(/C=C2/SC(=S)N(Cc3ccc(F)cc3)C2=O)c(C)c(C#N)c1=O. The predicted octanol–water partition coefficient (Wildman–Crippen LogP) is 5.71. The lowest BCUT2D eigenvalue weighted by molar-refractivity contribution is -0.122. The zero-order valence-corrected chi connectivity index (χ0v) is 24.2. The molecule has 0 unspecified atom stereocenters. The molecule has 3 heterocycles. The number of rotatable bonds is 9. The van der Waals surface area contributed by atoms with Crippen LogP contribution in [-0.2, 0) is 24.4 Å². The second-order valence-corrected chi connectivity index (χ2v) is 11.3. The minimum atomic E-state index is -0.382. The molecule has 0 bridgehead atoms. The summed E-state index contributed by atoms with van der Waals surface area (Å²) in [5.74, 6) is 1.18. The van der Waals surface area contributed by atoms with Gasteiger partial charge in [0, 0.05) is 18.7 Å². The summed E-state index contributed by atoms with van der Waals surface area (Å²) in [7, 11) is 0. The molecule has 2 aromatic carbocycles. The number of halogens is 1. The predicted molar refractivity (Wildman–Crippen MR) is 160 cm³/mol. The third-order valence-corrected chi connectivity index (χ3v) is 8.29. The maximum Gasteiger partial charge on any atom is 0.270 e. The van der Waals surface area contributed by atoms with Gasteiger partial charge >= 0.3 is 0 Å². The van der Waals surface area contributed by atoms with Gasteiger partial charge in [0.15, 0.2) is 11.5 Å². The fraction of sp³-hybridized carbons (Fsp3) is 0.267. The van der Waals surface area contributed by atoms with Crippen LogP contribution in [-0.4, -0.2) is 26.5 Å². The van der Waals surface area contributed by atoms with E-state index in [2.05, 4.69) is 11.4 Å². The van der Waals surface area contributed by atoms with Crippen molar-refractivity contribution < 1.29 is 18.7 Å². The summed E-state index contributed by atoms with van der Waals surface area (Å²) >= 11 is 6.67. The number of ether oxygens (including phenoxy) is 2. The highest BCUT2D eigenvalue weighted by Gasteiger charge is 2.33. The first-order chi connectivity index (χ1) is 19.8. The number of aromatic nitrogens is 1. The molecule has 1 fully saturated rings. The molecule has 3 aromatic rings. The van der Waals surface area contributed by atoms with Crippen LogP contribution in [0.4, 0.5) is 10.2 Å². The Hall–Kier alpha value is -4.14. The number of amides is 1. The fourth-order valence-electron chi connectivity index (χ4n) is 4.66. The number of thioether (sulfide) groups is 1. The fourth-order valence-corrected chi connectivity index (χ4v) is 5.90. The van der Waals surface area contributed by atoms with Gasteiger partial charge in [-0.25, -0.2) is 4.39 Å². The van der Waals surface area contributed by atoms with Crippen LogP contribution in [0, 0.1) is 24.1 Å². The molecule has 5 rings (SSSR count). The van der Waals surface area contributed by atoms with Crippen LogP contribution in [0.1, 0.15) is 47.6 Å². The molecule has 41 heavy (non-hydrogen) atoms. The summed E-state index contributed by atoms with van der Waals surface area (Å²) in [6.45, 7) is 4.87. The Balaban J connectivity index is 1.53. The lowest BCUT2D eigenvalue weighted by Gasteiger charge is -2.20. The monoisotopic (exact) mass is 590 g/mol. The number of nitrogens with one attached hydrogen (secondary N) is 1. The number of pyridine rings is 1. The molecular formula is C30H27FN4O4S2. The molecule has 1 saturated heterocycles. The maximum absolute atomic E-state index is 13.5. The third-order valence-electron chi connectivity index (χ3n) is 6.91. The second kappa shape index (κ2) is 12.2. The van der Waals surface area contributed by atoms with Gasteiger partial charge in [-0.1, -0.05) is 55.5 Å². The van der Waals surface area contributed by atoms with Gasteiger partial charge in [0.05, 0.1) is 11.4 Å². The molecule has 0 spiro atoms. The molecule has 8 nitrogen and oxygen atoms in total. The zero-order chi connectivity index (χ0) is 29.1. The van der Waals surface area contributed by atoms with Gasteiger partial charge in [-0.3, -0.25) is 19.1 Å². The molecule has 2 aliphatic rings.